The molecule has 0 aliphatic heterocycles. The number of hydrogen-bond acceptors (Lipinski definition) is 3. The number of nitrogens with zero attached hydrogens (tertiary/aromatic N) is 2. The van der Waals surface area contributed by atoms with Crippen molar-refractivity contribution < 1.29 is 4.74 Å². The van der Waals surface area contributed by atoms with Crippen LogP contribution in [0, 0.1) is 0 Å². The first-order chi connectivity index (χ1) is 6.40. The van der Waals surface area contributed by atoms with Crippen LogP contribution >= 0.6 is 11.6 Å². The van der Waals surface area contributed by atoms with Gasteiger partial charge in [-0.1, -0.05) is 11.6 Å². The standard InChI is InChI=1S/C9H7ClN2O/c10-5-13-8-2-1-7-4-11-6-12-9(7)3-8/h1-4,6H,5H2. The highest BCUT2D eigenvalue weighted by Gasteiger charge is 1.96. The van der Waals surface area contributed by atoms with Crippen LogP contribution < -0.4 is 4.74 Å². The average Bonchev–Trinajstić information content (AvgIpc) is 2.18. The van der Waals surface area contributed by atoms with E-state index in [0.29, 0.717) is 0 Å². The third-order valence-electron chi connectivity index (χ3n) is 1.70. The molecule has 0 fully saturated rings. The van der Waals surface area contributed by atoms with Crippen LogP contribution in [0.4, 0.5) is 0 Å². The summed E-state index contributed by atoms with van der Waals surface area (Å²) in [5.41, 5.74) is 0.859. The molecule has 66 valence electrons. The fourth-order valence-electron chi connectivity index (χ4n) is 1.11. The van der Waals surface area contributed by atoms with Gasteiger partial charge in [0.15, 0.2) is 6.07 Å². The molecule has 1 heterocycles. The van der Waals surface area contributed by atoms with Crippen LogP contribution in [-0.2, 0) is 0 Å². The van der Waals surface area contributed by atoms with E-state index in [1.165, 1.54) is 6.33 Å². The van der Waals surface area contributed by atoms with Crippen LogP contribution in [0.2, 0.25) is 0 Å². The molecule has 2 aromatic rings. The van der Waals surface area contributed by atoms with Crippen LogP contribution in [0.3, 0.4) is 0 Å². The Balaban J connectivity index is 2.49. The molecule has 0 bridgehead atoms. The highest BCUT2D eigenvalue weighted by atomic mass is 35.5. The predicted octanol–water partition coefficient (Wildman–Crippen LogP) is 2.20. The van der Waals surface area contributed by atoms with Crippen molar-refractivity contribution in [1.29, 1.82) is 0 Å². The van der Waals surface area contributed by atoms with Gasteiger partial charge in [0.1, 0.15) is 12.1 Å². The smallest absolute Gasteiger partial charge is 0.162 e. The van der Waals surface area contributed by atoms with Gasteiger partial charge in [0.05, 0.1) is 5.52 Å². The fraction of sp³-hybridized carbons (Fsp3) is 0.111. The van der Waals surface area contributed by atoms with Crippen molar-refractivity contribution in [3.8, 4) is 5.75 Å². The second-order valence-corrected chi connectivity index (χ2v) is 2.72. The second-order valence-electron chi connectivity index (χ2n) is 2.50. The normalized spacial score (nSPS) is 10.2. The number of rotatable bonds is 2. The minimum atomic E-state index is 0.149. The van der Waals surface area contributed by atoms with Crippen molar-refractivity contribution in [3.63, 3.8) is 0 Å². The number of benzene rings is 1. The van der Waals surface area contributed by atoms with Crippen molar-refractivity contribution in [2.45, 2.75) is 0 Å². The van der Waals surface area contributed by atoms with Crippen molar-refractivity contribution in [2.24, 2.45) is 0 Å². The minimum absolute atomic E-state index is 0.149. The van der Waals surface area contributed by atoms with Gasteiger partial charge in [0.2, 0.25) is 0 Å². The van der Waals surface area contributed by atoms with E-state index in [2.05, 4.69) is 9.97 Å². The number of alkyl halides is 1. The van der Waals surface area contributed by atoms with Gasteiger partial charge in [-0.3, -0.25) is 0 Å². The Bertz CT molecular complexity index is 419. The molecule has 0 radical (unpaired) electrons. The summed E-state index contributed by atoms with van der Waals surface area (Å²) in [5, 5.41) is 0.990. The number of ether oxygens (including phenoxy) is 1. The molecule has 0 amide bonds. The Kier molecular flexibility index (Phi) is 2.27. The second kappa shape index (κ2) is 3.58. The van der Waals surface area contributed by atoms with Gasteiger partial charge in [0, 0.05) is 17.6 Å². The van der Waals surface area contributed by atoms with E-state index in [4.69, 9.17) is 16.3 Å². The molecule has 0 spiro atoms. The molecule has 4 heteroatoms. The average molecular weight is 195 g/mol. The number of aromatic nitrogens is 2. The van der Waals surface area contributed by atoms with Gasteiger partial charge in [-0.05, 0) is 12.1 Å². The Hall–Kier alpha value is -1.35. The van der Waals surface area contributed by atoms with Crippen molar-refractivity contribution in [1.82, 2.24) is 9.97 Å². The Morgan fingerprint density at radius 1 is 1.38 bits per heavy atom. The molecule has 2 rings (SSSR count). The Morgan fingerprint density at radius 3 is 3.15 bits per heavy atom. The molecule has 13 heavy (non-hydrogen) atoms. The van der Waals surface area contributed by atoms with E-state index in [9.17, 15) is 0 Å². The predicted molar refractivity (Wildman–Crippen MR) is 50.9 cm³/mol. The van der Waals surface area contributed by atoms with Crippen molar-refractivity contribution in [3.05, 3.63) is 30.7 Å². The molecule has 0 atom stereocenters. The molecule has 1 aromatic carbocycles. The lowest BCUT2D eigenvalue weighted by Gasteiger charge is -2.01. The van der Waals surface area contributed by atoms with E-state index >= 15 is 0 Å². The van der Waals surface area contributed by atoms with Crippen LogP contribution in [0.5, 0.6) is 5.75 Å². The van der Waals surface area contributed by atoms with Crippen molar-refractivity contribution >= 4 is 22.5 Å². The molecule has 0 aliphatic rings. The summed E-state index contributed by atoms with van der Waals surface area (Å²) >= 11 is 5.43. The van der Waals surface area contributed by atoms with E-state index in [0.717, 1.165) is 16.7 Å². The summed E-state index contributed by atoms with van der Waals surface area (Å²) in [4.78, 5) is 8.00. The SMILES string of the molecule is ClCOc1ccc2cncnc2c1. The zero-order valence-electron chi connectivity index (χ0n) is 6.77. The van der Waals surface area contributed by atoms with Crippen LogP contribution in [0.25, 0.3) is 10.9 Å². The highest BCUT2D eigenvalue weighted by molar-refractivity contribution is 6.17. The molecule has 0 saturated carbocycles. The van der Waals surface area contributed by atoms with Gasteiger partial charge in [-0.2, -0.15) is 0 Å². The van der Waals surface area contributed by atoms with E-state index < -0.39 is 0 Å². The molecule has 0 unspecified atom stereocenters. The summed E-state index contributed by atoms with van der Waals surface area (Å²) in [6, 6.07) is 5.72. The first-order valence-electron chi connectivity index (χ1n) is 3.78. The van der Waals surface area contributed by atoms with Crippen LogP contribution in [0.15, 0.2) is 30.7 Å². The first-order valence-corrected chi connectivity index (χ1v) is 4.32. The quantitative estimate of drug-likeness (QED) is 0.688. The Morgan fingerprint density at radius 2 is 2.31 bits per heavy atom. The number of fused-ring (bicyclic) bond motifs is 1. The van der Waals surface area contributed by atoms with Gasteiger partial charge in [-0.25, -0.2) is 9.97 Å². The summed E-state index contributed by atoms with van der Waals surface area (Å²) in [7, 11) is 0. The maximum absolute atomic E-state index is 5.43. The Labute approximate surface area is 80.3 Å². The first kappa shape index (κ1) is 8.26. The van der Waals surface area contributed by atoms with Gasteiger partial charge >= 0.3 is 0 Å². The lowest BCUT2D eigenvalue weighted by atomic mass is 10.2. The van der Waals surface area contributed by atoms with Crippen LogP contribution in [0.1, 0.15) is 0 Å². The third-order valence-corrected chi connectivity index (χ3v) is 1.81. The van der Waals surface area contributed by atoms with Gasteiger partial charge in [-0.15, -0.1) is 0 Å². The maximum Gasteiger partial charge on any atom is 0.162 e. The summed E-state index contributed by atoms with van der Waals surface area (Å²) in [5.74, 6) is 0.723. The number of hydrogen-bond donors (Lipinski definition) is 0. The summed E-state index contributed by atoms with van der Waals surface area (Å²) in [6.07, 6.45) is 3.26. The van der Waals surface area contributed by atoms with Crippen molar-refractivity contribution in [2.75, 3.05) is 6.07 Å². The molecule has 1 aromatic heterocycles. The van der Waals surface area contributed by atoms with Gasteiger partial charge < -0.3 is 4.74 Å². The number of halogens is 1. The third kappa shape index (κ3) is 1.70. The summed E-state index contributed by atoms with van der Waals surface area (Å²) in [6.45, 7) is 0. The van der Waals surface area contributed by atoms with E-state index in [1.54, 1.807) is 6.20 Å². The monoisotopic (exact) mass is 194 g/mol. The van der Waals surface area contributed by atoms with Gasteiger partial charge in [0.25, 0.3) is 0 Å². The summed E-state index contributed by atoms with van der Waals surface area (Å²) < 4.78 is 5.12. The largest absolute Gasteiger partial charge is 0.478 e. The minimum Gasteiger partial charge on any atom is -0.478 e. The molecule has 3 nitrogen and oxygen atoms in total. The zero-order chi connectivity index (χ0) is 9.10. The molecular formula is C9H7ClN2O. The van der Waals surface area contributed by atoms with Crippen LogP contribution in [-0.4, -0.2) is 16.0 Å². The lowest BCUT2D eigenvalue weighted by molar-refractivity contribution is 0.388. The zero-order valence-corrected chi connectivity index (χ0v) is 7.53. The topological polar surface area (TPSA) is 35.0 Å². The maximum atomic E-state index is 5.43. The van der Waals surface area contributed by atoms with E-state index in [-0.39, 0.29) is 6.07 Å². The highest BCUT2D eigenvalue weighted by Crippen LogP contribution is 2.17. The molecular weight excluding hydrogens is 188 g/mol. The fourth-order valence-corrected chi connectivity index (χ4v) is 1.23. The molecule has 0 saturated heterocycles. The molecule has 0 aliphatic carbocycles. The van der Waals surface area contributed by atoms with E-state index in [1.807, 2.05) is 18.2 Å². The molecule has 0 N–H and O–H groups in total. The lowest BCUT2D eigenvalue weighted by Crippen LogP contribution is -1.89.